The molecule has 9 heteroatoms. The number of aromatic nitrogens is 1. The van der Waals surface area contributed by atoms with E-state index >= 15 is 0 Å². The van der Waals surface area contributed by atoms with Gasteiger partial charge in [0.15, 0.2) is 0 Å². The van der Waals surface area contributed by atoms with E-state index in [1.807, 2.05) is 0 Å². The van der Waals surface area contributed by atoms with Gasteiger partial charge < -0.3 is 10.3 Å². The lowest BCUT2D eigenvalue weighted by atomic mass is 10.2. The fourth-order valence-electron chi connectivity index (χ4n) is 2.09. The molecule has 1 aromatic heterocycles. The first-order valence-corrected chi connectivity index (χ1v) is 7.87. The maximum Gasteiger partial charge on any atom is 0.266 e. The number of nitrogens with zero attached hydrogens (tertiary/aromatic N) is 1. The van der Waals surface area contributed by atoms with Crippen molar-refractivity contribution in [2.75, 3.05) is 13.1 Å². The third kappa shape index (κ3) is 2.58. The SMILES string of the molecule is CCC1C(=O)NCCN1S(=O)(=O)c1c[nH]c(=O)c(Cl)c1. The van der Waals surface area contributed by atoms with Gasteiger partial charge in [0.2, 0.25) is 15.9 Å². The van der Waals surface area contributed by atoms with E-state index in [1.54, 1.807) is 6.92 Å². The summed E-state index contributed by atoms with van der Waals surface area (Å²) in [5, 5.41) is 2.42. The number of sulfonamides is 1. The molecule has 20 heavy (non-hydrogen) atoms. The van der Waals surface area contributed by atoms with Gasteiger partial charge in [-0.25, -0.2) is 8.42 Å². The van der Waals surface area contributed by atoms with Gasteiger partial charge in [-0.2, -0.15) is 4.31 Å². The number of hydrogen-bond donors (Lipinski definition) is 2. The van der Waals surface area contributed by atoms with Crippen LogP contribution in [0.25, 0.3) is 0 Å². The number of piperazine rings is 1. The predicted octanol–water partition coefficient (Wildman–Crippen LogP) is -0.0726. The second kappa shape index (κ2) is 5.55. The van der Waals surface area contributed by atoms with Crippen LogP contribution in [0.3, 0.4) is 0 Å². The summed E-state index contributed by atoms with van der Waals surface area (Å²) in [4.78, 5) is 25.1. The summed E-state index contributed by atoms with van der Waals surface area (Å²) < 4.78 is 26.2. The highest BCUT2D eigenvalue weighted by atomic mass is 35.5. The first-order valence-electron chi connectivity index (χ1n) is 6.05. The van der Waals surface area contributed by atoms with Crippen molar-refractivity contribution >= 4 is 27.5 Å². The smallest absolute Gasteiger partial charge is 0.266 e. The number of hydrogen-bond acceptors (Lipinski definition) is 4. The molecule has 1 aliphatic rings. The van der Waals surface area contributed by atoms with Crippen LogP contribution >= 0.6 is 11.6 Å². The zero-order valence-corrected chi connectivity index (χ0v) is 12.3. The Morgan fingerprint density at radius 3 is 2.75 bits per heavy atom. The van der Waals surface area contributed by atoms with Crippen LogP contribution in [-0.4, -0.2) is 42.7 Å². The zero-order valence-electron chi connectivity index (χ0n) is 10.7. The van der Waals surface area contributed by atoms with E-state index in [0.717, 1.165) is 16.6 Å². The van der Waals surface area contributed by atoms with Crippen molar-refractivity contribution in [3.63, 3.8) is 0 Å². The van der Waals surface area contributed by atoms with Crippen molar-refractivity contribution < 1.29 is 13.2 Å². The number of halogens is 1. The third-order valence-electron chi connectivity index (χ3n) is 3.11. The average molecular weight is 320 g/mol. The maximum atomic E-state index is 12.5. The first-order chi connectivity index (χ1) is 9.37. The summed E-state index contributed by atoms with van der Waals surface area (Å²) in [5.74, 6) is -0.321. The molecule has 1 saturated heterocycles. The van der Waals surface area contributed by atoms with Crippen molar-refractivity contribution in [2.45, 2.75) is 24.3 Å². The fraction of sp³-hybridized carbons (Fsp3) is 0.455. The highest BCUT2D eigenvalue weighted by Gasteiger charge is 2.37. The van der Waals surface area contributed by atoms with Gasteiger partial charge in [-0.05, 0) is 12.5 Å². The summed E-state index contributed by atoms with van der Waals surface area (Å²) >= 11 is 5.65. The Morgan fingerprint density at radius 1 is 1.45 bits per heavy atom. The summed E-state index contributed by atoms with van der Waals surface area (Å²) in [6.45, 7) is 2.17. The lowest BCUT2D eigenvalue weighted by Crippen LogP contribution is -2.56. The number of carbonyl (C=O) groups is 1. The Labute approximate surface area is 121 Å². The fourth-order valence-corrected chi connectivity index (χ4v) is 3.99. The van der Waals surface area contributed by atoms with Gasteiger partial charge in [-0.15, -0.1) is 0 Å². The monoisotopic (exact) mass is 319 g/mol. The Bertz CT molecular complexity index is 685. The standard InChI is InChI=1S/C11H14ClN3O4S/c1-2-9-11(17)13-3-4-15(9)20(18,19)7-5-8(12)10(16)14-6-7/h5-6,9H,2-4H2,1H3,(H,13,17)(H,14,16). The first kappa shape index (κ1) is 15.0. The van der Waals surface area contributed by atoms with Gasteiger partial charge in [0.05, 0.1) is 4.90 Å². The molecule has 1 amide bonds. The van der Waals surface area contributed by atoms with Crippen LogP contribution in [0, 0.1) is 0 Å². The van der Waals surface area contributed by atoms with E-state index in [0.29, 0.717) is 6.42 Å². The van der Waals surface area contributed by atoms with Crippen molar-refractivity contribution in [2.24, 2.45) is 0 Å². The van der Waals surface area contributed by atoms with Crippen LogP contribution in [0.15, 0.2) is 22.0 Å². The molecule has 2 rings (SSSR count). The summed E-state index contributed by atoms with van der Waals surface area (Å²) in [6, 6.07) is 0.342. The van der Waals surface area contributed by atoms with Gasteiger partial charge in [-0.1, -0.05) is 18.5 Å². The number of pyridine rings is 1. The Hall–Kier alpha value is -1.38. The molecule has 1 aliphatic heterocycles. The van der Waals surface area contributed by atoms with E-state index in [9.17, 15) is 18.0 Å². The molecule has 7 nitrogen and oxygen atoms in total. The molecule has 2 N–H and O–H groups in total. The Kier molecular flexibility index (Phi) is 4.17. The number of carbonyl (C=O) groups excluding carboxylic acids is 1. The van der Waals surface area contributed by atoms with E-state index in [4.69, 9.17) is 11.6 Å². The largest absolute Gasteiger partial charge is 0.353 e. The maximum absolute atomic E-state index is 12.5. The molecule has 0 bridgehead atoms. The highest BCUT2D eigenvalue weighted by molar-refractivity contribution is 7.89. The lowest BCUT2D eigenvalue weighted by molar-refractivity contribution is -0.126. The summed E-state index contributed by atoms with van der Waals surface area (Å²) in [5.41, 5.74) is -0.561. The molecule has 110 valence electrons. The summed E-state index contributed by atoms with van der Waals surface area (Å²) in [7, 11) is -3.88. The van der Waals surface area contributed by atoms with Crippen molar-refractivity contribution in [1.29, 1.82) is 0 Å². The van der Waals surface area contributed by atoms with E-state index < -0.39 is 21.6 Å². The number of nitrogens with one attached hydrogen (secondary N) is 2. The minimum Gasteiger partial charge on any atom is -0.353 e. The second-order valence-corrected chi connectivity index (χ2v) is 6.64. The van der Waals surface area contributed by atoms with Crippen LogP contribution in [0.1, 0.15) is 13.3 Å². The molecular formula is C11H14ClN3O4S. The summed E-state index contributed by atoms with van der Waals surface area (Å²) in [6.07, 6.45) is 1.45. The molecule has 1 aromatic rings. The van der Waals surface area contributed by atoms with Gasteiger partial charge in [-0.3, -0.25) is 9.59 Å². The van der Waals surface area contributed by atoms with Crippen LogP contribution in [-0.2, 0) is 14.8 Å². The van der Waals surface area contributed by atoms with Gasteiger partial charge in [0, 0.05) is 19.3 Å². The molecule has 0 saturated carbocycles. The minimum atomic E-state index is -3.88. The molecule has 0 aromatic carbocycles. The van der Waals surface area contributed by atoms with Crippen LogP contribution in [0.5, 0.6) is 0 Å². The zero-order chi connectivity index (χ0) is 14.9. The van der Waals surface area contributed by atoms with Crippen LogP contribution in [0.4, 0.5) is 0 Å². The second-order valence-electron chi connectivity index (χ2n) is 4.34. The molecule has 1 unspecified atom stereocenters. The third-order valence-corrected chi connectivity index (χ3v) is 5.27. The number of amides is 1. The normalized spacial score (nSPS) is 20.7. The molecule has 0 aliphatic carbocycles. The van der Waals surface area contributed by atoms with Gasteiger partial charge in [0.25, 0.3) is 5.56 Å². The quantitative estimate of drug-likeness (QED) is 0.814. The number of rotatable bonds is 3. The molecule has 1 fully saturated rings. The highest BCUT2D eigenvalue weighted by Crippen LogP contribution is 2.21. The van der Waals surface area contributed by atoms with E-state index in [-0.39, 0.29) is 28.9 Å². The van der Waals surface area contributed by atoms with Crippen molar-refractivity contribution in [3.05, 3.63) is 27.6 Å². The topological polar surface area (TPSA) is 99.3 Å². The minimum absolute atomic E-state index is 0.129. The van der Waals surface area contributed by atoms with Crippen LogP contribution in [0.2, 0.25) is 5.02 Å². The molecule has 2 heterocycles. The Morgan fingerprint density at radius 2 is 2.15 bits per heavy atom. The Balaban J connectivity index is 2.45. The van der Waals surface area contributed by atoms with Crippen molar-refractivity contribution in [3.8, 4) is 0 Å². The number of H-pyrrole nitrogens is 1. The van der Waals surface area contributed by atoms with Gasteiger partial charge in [0.1, 0.15) is 11.1 Å². The molecule has 0 radical (unpaired) electrons. The van der Waals surface area contributed by atoms with E-state index in [2.05, 4.69) is 10.3 Å². The average Bonchev–Trinajstić information content (AvgIpc) is 2.41. The molecular weight excluding hydrogens is 306 g/mol. The lowest BCUT2D eigenvalue weighted by Gasteiger charge is -2.33. The predicted molar refractivity (Wildman–Crippen MR) is 73.1 cm³/mol. The van der Waals surface area contributed by atoms with Gasteiger partial charge >= 0.3 is 0 Å². The van der Waals surface area contributed by atoms with Crippen LogP contribution < -0.4 is 10.9 Å². The van der Waals surface area contributed by atoms with E-state index in [1.165, 1.54) is 0 Å². The van der Waals surface area contributed by atoms with Crippen molar-refractivity contribution in [1.82, 2.24) is 14.6 Å². The number of aromatic amines is 1. The molecule has 0 spiro atoms. The molecule has 1 atom stereocenters.